The molecule has 6 atom stereocenters. The average molecular weight is 512 g/mol. The molecule has 0 aromatic heterocycles. The number of amides is 1. The van der Waals surface area contributed by atoms with E-state index in [0.717, 1.165) is 25.7 Å². The quantitative estimate of drug-likeness (QED) is 0.118. The van der Waals surface area contributed by atoms with Gasteiger partial charge < -0.3 is 9.47 Å². The number of allylic oxidation sites excluding steroid dienone is 1. The van der Waals surface area contributed by atoms with E-state index in [1.54, 1.807) is 6.92 Å². The molecule has 0 radical (unpaired) electrons. The van der Waals surface area contributed by atoms with Crippen LogP contribution in [-0.4, -0.2) is 65.9 Å². The molecule has 1 unspecified atom stereocenters. The van der Waals surface area contributed by atoms with Crippen LogP contribution < -0.4 is 0 Å². The first-order chi connectivity index (χ1) is 16.6. The van der Waals surface area contributed by atoms with Gasteiger partial charge in [0.25, 0.3) is 0 Å². The van der Waals surface area contributed by atoms with Crippen LogP contribution >= 0.6 is 7.82 Å². The van der Waals surface area contributed by atoms with Gasteiger partial charge in [-0.05, 0) is 50.6 Å². The van der Waals surface area contributed by atoms with E-state index in [1.165, 1.54) is 24.1 Å². The van der Waals surface area contributed by atoms with Crippen molar-refractivity contribution in [2.45, 2.75) is 82.5 Å². The molecule has 1 saturated carbocycles. The number of hydrogen-bond acceptors (Lipinski definition) is 10. The zero-order valence-corrected chi connectivity index (χ0v) is 20.5. The predicted octanol–water partition coefficient (Wildman–Crippen LogP) is 3.15. The fraction of sp³-hybridized carbons (Fsp3) is 0.762. The zero-order chi connectivity index (χ0) is 25.2. The Morgan fingerprint density at radius 3 is 2.83 bits per heavy atom. The molecule has 3 aliphatic heterocycles. The Balaban J connectivity index is 1.39. The number of azide groups is 1. The minimum atomic E-state index is -4.09. The number of carbonyl (C=O) groups excluding carboxylic acids is 3. The molecule has 4 aliphatic rings. The van der Waals surface area contributed by atoms with E-state index >= 15 is 0 Å². The van der Waals surface area contributed by atoms with E-state index in [2.05, 4.69) is 10.0 Å². The maximum atomic E-state index is 13.2. The second-order valence-corrected chi connectivity index (χ2v) is 11.0. The van der Waals surface area contributed by atoms with E-state index in [0.29, 0.717) is 0 Å². The normalized spacial score (nSPS) is 36.1. The molecule has 1 amide bonds. The molecule has 1 aliphatic carbocycles. The van der Waals surface area contributed by atoms with Crippen molar-refractivity contribution >= 4 is 25.5 Å². The number of esters is 1. The van der Waals surface area contributed by atoms with Gasteiger partial charge in [-0.3, -0.25) is 32.9 Å². The summed E-state index contributed by atoms with van der Waals surface area (Å²) in [5.41, 5.74) is 7.70. The van der Waals surface area contributed by atoms with Crippen molar-refractivity contribution in [2.24, 2.45) is 11.0 Å². The molecule has 35 heavy (non-hydrogen) atoms. The van der Waals surface area contributed by atoms with Gasteiger partial charge in [-0.2, -0.15) is 0 Å². The minimum absolute atomic E-state index is 0.0420. The van der Waals surface area contributed by atoms with Crippen molar-refractivity contribution in [3.63, 3.8) is 0 Å². The average Bonchev–Trinajstić information content (AvgIpc) is 3.40. The lowest BCUT2D eigenvalue weighted by Gasteiger charge is -2.37. The topological polar surface area (TPSA) is 166 Å². The third-order valence-corrected chi connectivity index (χ3v) is 8.14. The van der Waals surface area contributed by atoms with E-state index in [4.69, 9.17) is 23.0 Å². The van der Waals surface area contributed by atoms with E-state index < -0.39 is 43.6 Å². The molecular weight excluding hydrogens is 483 g/mol. The molecule has 0 aromatic rings. The lowest BCUT2D eigenvalue weighted by molar-refractivity contribution is -0.153. The molecule has 3 heterocycles. The van der Waals surface area contributed by atoms with E-state index in [-0.39, 0.29) is 43.9 Å². The summed E-state index contributed by atoms with van der Waals surface area (Å²) in [5.74, 6) is -1.68. The van der Waals surface area contributed by atoms with Crippen LogP contribution in [0.15, 0.2) is 17.4 Å². The van der Waals surface area contributed by atoms with Crippen molar-refractivity contribution in [3.8, 4) is 0 Å². The number of fused-ring (bicyclic) bond motifs is 1. The van der Waals surface area contributed by atoms with Crippen LogP contribution in [0.1, 0.15) is 52.4 Å². The fourth-order valence-electron chi connectivity index (χ4n) is 4.65. The number of hydrogen-bond donors (Lipinski definition) is 0. The highest BCUT2D eigenvalue weighted by molar-refractivity contribution is 7.48. The number of ether oxygens (including phenoxy) is 2. The van der Waals surface area contributed by atoms with Gasteiger partial charge >= 0.3 is 13.8 Å². The van der Waals surface area contributed by atoms with Gasteiger partial charge in [-0.1, -0.05) is 12.0 Å². The molecule has 0 spiro atoms. The molecule has 14 heteroatoms. The number of phosphoric acid groups is 1. The zero-order valence-electron chi connectivity index (χ0n) is 19.6. The standard InChI is InChI=1S/C21H29N4O9P/c1-13(19(28)32-15-5-3-4-6-15)8-10-30-35(29)31-12-16-18(34-35)21(2,23-24-22)20(33-16)25-9-7-14(26)11-17(25)27/h7,9,13,15-16,18,20H,3-6,8,10-12H2,1-2H3/t13?,16-,18-,20-,21-,35-/m1/s1. The highest BCUT2D eigenvalue weighted by Crippen LogP contribution is 2.58. The molecule has 13 nitrogen and oxygen atoms in total. The smallest absolute Gasteiger partial charge is 0.462 e. The van der Waals surface area contributed by atoms with Gasteiger partial charge in [0.05, 0.1) is 25.6 Å². The van der Waals surface area contributed by atoms with Crippen LogP contribution in [0.2, 0.25) is 0 Å². The van der Waals surface area contributed by atoms with Crippen LogP contribution in [0.5, 0.6) is 0 Å². The van der Waals surface area contributed by atoms with Gasteiger partial charge in [0, 0.05) is 11.1 Å². The highest BCUT2D eigenvalue weighted by Gasteiger charge is 2.62. The summed E-state index contributed by atoms with van der Waals surface area (Å²) in [6.45, 7) is 2.93. The summed E-state index contributed by atoms with van der Waals surface area (Å²) >= 11 is 0. The van der Waals surface area contributed by atoms with Crippen LogP contribution in [0.4, 0.5) is 0 Å². The van der Waals surface area contributed by atoms with Crippen LogP contribution in [0.25, 0.3) is 10.4 Å². The number of phosphoric ester groups is 1. The number of rotatable bonds is 8. The molecule has 0 aromatic carbocycles. The SMILES string of the molecule is CC(CCO[P@]1(=O)OC[C@H]2O[C@@H](N3C=CC(=O)CC3=O)[C@](C)(N=[N+]=[N-])[C@@H]2O1)C(=O)OC1CCCC1. The Morgan fingerprint density at radius 1 is 1.40 bits per heavy atom. The molecule has 2 saturated heterocycles. The third-order valence-electron chi connectivity index (χ3n) is 6.69. The second kappa shape index (κ2) is 10.4. The summed E-state index contributed by atoms with van der Waals surface area (Å²) in [6, 6.07) is 0. The first-order valence-corrected chi connectivity index (χ1v) is 13.1. The Morgan fingerprint density at radius 2 is 2.14 bits per heavy atom. The highest BCUT2D eigenvalue weighted by atomic mass is 31.2. The molecule has 4 rings (SSSR count). The Hall–Kier alpha value is -2.27. The Kier molecular flexibility index (Phi) is 7.65. The molecule has 192 valence electrons. The molecular formula is C21H29N4O9P. The number of ketones is 1. The lowest BCUT2D eigenvalue weighted by atomic mass is 9.92. The number of carbonyl (C=O) groups is 3. The van der Waals surface area contributed by atoms with Crippen molar-refractivity contribution in [1.82, 2.24) is 4.90 Å². The lowest BCUT2D eigenvalue weighted by Crippen LogP contribution is -2.53. The van der Waals surface area contributed by atoms with E-state index in [9.17, 15) is 24.5 Å². The third kappa shape index (κ3) is 5.45. The van der Waals surface area contributed by atoms with Gasteiger partial charge in [-0.25, -0.2) is 4.57 Å². The minimum Gasteiger partial charge on any atom is -0.462 e. The number of nitrogens with zero attached hydrogens (tertiary/aromatic N) is 4. The summed E-state index contributed by atoms with van der Waals surface area (Å²) in [6.07, 6.45) is 3.23. The molecule has 3 fully saturated rings. The molecule has 0 bridgehead atoms. The van der Waals surface area contributed by atoms with Gasteiger partial charge in [0.1, 0.15) is 23.9 Å². The van der Waals surface area contributed by atoms with Crippen molar-refractivity contribution in [2.75, 3.05) is 13.2 Å². The Labute approximate surface area is 202 Å². The summed E-state index contributed by atoms with van der Waals surface area (Å²) in [5, 5.41) is 3.82. The predicted molar refractivity (Wildman–Crippen MR) is 118 cm³/mol. The van der Waals surface area contributed by atoms with Gasteiger partial charge in [-0.15, -0.1) is 0 Å². The Bertz CT molecular complexity index is 993. The summed E-state index contributed by atoms with van der Waals surface area (Å²) in [4.78, 5) is 40.3. The maximum absolute atomic E-state index is 13.2. The van der Waals surface area contributed by atoms with Crippen LogP contribution in [-0.2, 0) is 42.0 Å². The van der Waals surface area contributed by atoms with Crippen LogP contribution in [0.3, 0.4) is 0 Å². The first-order valence-electron chi connectivity index (χ1n) is 11.7. The largest absolute Gasteiger partial charge is 0.475 e. The summed E-state index contributed by atoms with van der Waals surface area (Å²) in [7, 11) is -4.09. The van der Waals surface area contributed by atoms with Crippen molar-refractivity contribution in [3.05, 3.63) is 22.7 Å². The van der Waals surface area contributed by atoms with Crippen molar-refractivity contribution in [1.29, 1.82) is 0 Å². The monoisotopic (exact) mass is 512 g/mol. The van der Waals surface area contributed by atoms with Gasteiger partial charge in [0.2, 0.25) is 5.91 Å². The van der Waals surface area contributed by atoms with Crippen LogP contribution in [0, 0.1) is 5.92 Å². The first kappa shape index (κ1) is 25.8. The summed E-state index contributed by atoms with van der Waals surface area (Å²) < 4.78 is 41.0. The van der Waals surface area contributed by atoms with E-state index in [1.807, 2.05) is 0 Å². The van der Waals surface area contributed by atoms with Crippen molar-refractivity contribution < 1.29 is 42.0 Å². The van der Waals surface area contributed by atoms with Gasteiger partial charge in [0.15, 0.2) is 12.0 Å². The fourth-order valence-corrected chi connectivity index (χ4v) is 6.13. The maximum Gasteiger partial charge on any atom is 0.475 e. The second-order valence-electron chi connectivity index (χ2n) is 9.34. The molecule has 0 N–H and O–H groups in total.